The second-order valence-electron chi connectivity index (χ2n) is 3.87. The van der Waals surface area contributed by atoms with Crippen molar-refractivity contribution < 1.29 is 4.79 Å². The first-order valence-electron chi connectivity index (χ1n) is 5.21. The van der Waals surface area contributed by atoms with Crippen LogP contribution in [0.25, 0.3) is 0 Å². The lowest BCUT2D eigenvalue weighted by Crippen LogP contribution is -2.23. The Morgan fingerprint density at radius 2 is 2.35 bits per heavy atom. The fourth-order valence-electron chi connectivity index (χ4n) is 1.92. The van der Waals surface area contributed by atoms with Crippen LogP contribution < -0.4 is 0 Å². The van der Waals surface area contributed by atoms with E-state index in [9.17, 15) is 4.79 Å². The maximum atomic E-state index is 12.1. The van der Waals surface area contributed by atoms with Crippen molar-refractivity contribution in [2.24, 2.45) is 0 Å². The van der Waals surface area contributed by atoms with E-state index in [-0.39, 0.29) is 5.91 Å². The number of halogens is 1. The van der Waals surface area contributed by atoms with Gasteiger partial charge < -0.3 is 4.90 Å². The van der Waals surface area contributed by atoms with E-state index >= 15 is 0 Å². The van der Waals surface area contributed by atoms with E-state index in [0.29, 0.717) is 13.1 Å². The van der Waals surface area contributed by atoms with Crippen LogP contribution >= 0.6 is 27.3 Å². The zero-order chi connectivity index (χ0) is 11.8. The van der Waals surface area contributed by atoms with Gasteiger partial charge in [0.05, 0.1) is 28.1 Å². The van der Waals surface area contributed by atoms with Gasteiger partial charge in [0.25, 0.3) is 5.91 Å². The maximum Gasteiger partial charge on any atom is 0.255 e. The zero-order valence-corrected chi connectivity index (χ0v) is 11.3. The SMILES string of the molecule is O=C1c2cc(Br)sc2CN1Cc1ccccn1. The molecule has 17 heavy (non-hydrogen) atoms. The molecule has 5 heteroatoms. The van der Waals surface area contributed by atoms with Crippen LogP contribution in [-0.4, -0.2) is 15.8 Å². The molecule has 0 aromatic carbocycles. The minimum Gasteiger partial charge on any atom is -0.328 e. The average molecular weight is 309 g/mol. The molecule has 2 aromatic rings. The molecule has 0 radical (unpaired) electrons. The molecule has 0 saturated heterocycles. The second-order valence-corrected chi connectivity index (χ2v) is 6.39. The summed E-state index contributed by atoms with van der Waals surface area (Å²) in [5.74, 6) is 0.104. The van der Waals surface area contributed by atoms with Crippen molar-refractivity contribution in [1.29, 1.82) is 0 Å². The first kappa shape index (κ1) is 10.9. The number of thiophene rings is 1. The lowest BCUT2D eigenvalue weighted by Gasteiger charge is -2.14. The van der Waals surface area contributed by atoms with Crippen LogP contribution in [0.1, 0.15) is 20.9 Å². The Bertz CT molecular complexity index is 567. The third-order valence-corrected chi connectivity index (χ3v) is 4.33. The summed E-state index contributed by atoms with van der Waals surface area (Å²) in [7, 11) is 0. The predicted molar refractivity (Wildman–Crippen MR) is 69.8 cm³/mol. The number of nitrogens with zero attached hydrogens (tertiary/aromatic N) is 2. The normalized spacial score (nSPS) is 14.2. The summed E-state index contributed by atoms with van der Waals surface area (Å²) in [6.45, 7) is 1.28. The summed E-state index contributed by atoms with van der Waals surface area (Å²) in [6.07, 6.45) is 1.75. The number of hydrogen-bond donors (Lipinski definition) is 0. The third-order valence-electron chi connectivity index (χ3n) is 2.71. The molecule has 86 valence electrons. The Hall–Kier alpha value is -1.20. The fraction of sp³-hybridized carbons (Fsp3) is 0.167. The average Bonchev–Trinajstić information content (AvgIpc) is 2.81. The lowest BCUT2D eigenvalue weighted by molar-refractivity contribution is 0.0765. The first-order valence-corrected chi connectivity index (χ1v) is 6.82. The topological polar surface area (TPSA) is 33.2 Å². The van der Waals surface area contributed by atoms with Crippen LogP contribution in [0.5, 0.6) is 0 Å². The van der Waals surface area contributed by atoms with Gasteiger partial charge in [0.1, 0.15) is 0 Å². The van der Waals surface area contributed by atoms with Gasteiger partial charge in [-0.25, -0.2) is 0 Å². The Balaban J connectivity index is 1.81. The van der Waals surface area contributed by atoms with Gasteiger partial charge in [0, 0.05) is 11.1 Å². The van der Waals surface area contributed by atoms with Crippen LogP contribution in [-0.2, 0) is 13.1 Å². The minimum absolute atomic E-state index is 0.104. The maximum absolute atomic E-state index is 12.1. The molecule has 1 aliphatic rings. The standard InChI is InChI=1S/C12H9BrN2OS/c13-11-5-9-10(17-11)7-15(12(9)16)6-8-3-1-2-4-14-8/h1-5H,6-7H2. The van der Waals surface area contributed by atoms with E-state index in [0.717, 1.165) is 19.9 Å². The number of amides is 1. The predicted octanol–water partition coefficient (Wildman–Crippen LogP) is 3.06. The first-order chi connectivity index (χ1) is 8.24. The highest BCUT2D eigenvalue weighted by Gasteiger charge is 2.29. The molecule has 3 heterocycles. The second kappa shape index (κ2) is 4.23. The molecule has 0 N–H and O–H groups in total. The molecule has 1 aliphatic heterocycles. The Morgan fingerprint density at radius 3 is 3.06 bits per heavy atom. The van der Waals surface area contributed by atoms with Crippen molar-refractivity contribution in [2.75, 3.05) is 0 Å². The number of carbonyl (C=O) groups is 1. The monoisotopic (exact) mass is 308 g/mol. The highest BCUT2D eigenvalue weighted by Crippen LogP contribution is 2.34. The van der Waals surface area contributed by atoms with E-state index in [1.807, 2.05) is 29.2 Å². The van der Waals surface area contributed by atoms with Gasteiger partial charge in [-0.15, -0.1) is 11.3 Å². The molecular formula is C12H9BrN2OS. The molecule has 3 nitrogen and oxygen atoms in total. The molecule has 2 aromatic heterocycles. The van der Waals surface area contributed by atoms with Crippen LogP contribution in [0.3, 0.4) is 0 Å². The molecule has 0 unspecified atom stereocenters. The highest BCUT2D eigenvalue weighted by atomic mass is 79.9. The molecule has 1 amide bonds. The number of aromatic nitrogens is 1. The van der Waals surface area contributed by atoms with Gasteiger partial charge in [-0.3, -0.25) is 9.78 Å². The van der Waals surface area contributed by atoms with Crippen molar-refractivity contribution in [3.05, 3.63) is 50.4 Å². The summed E-state index contributed by atoms with van der Waals surface area (Å²) >= 11 is 5.04. The summed E-state index contributed by atoms with van der Waals surface area (Å²) < 4.78 is 1.02. The van der Waals surface area contributed by atoms with E-state index in [1.165, 1.54) is 0 Å². The smallest absolute Gasteiger partial charge is 0.255 e. The van der Waals surface area contributed by atoms with Crippen LogP contribution in [0.4, 0.5) is 0 Å². The Morgan fingerprint density at radius 1 is 1.47 bits per heavy atom. The van der Waals surface area contributed by atoms with Crippen molar-refractivity contribution in [3.63, 3.8) is 0 Å². The largest absolute Gasteiger partial charge is 0.328 e. The van der Waals surface area contributed by atoms with Gasteiger partial charge in [-0.1, -0.05) is 6.07 Å². The molecule has 0 saturated carbocycles. The van der Waals surface area contributed by atoms with Crippen molar-refractivity contribution in [1.82, 2.24) is 9.88 Å². The highest BCUT2D eigenvalue weighted by molar-refractivity contribution is 9.11. The molecular weight excluding hydrogens is 300 g/mol. The molecule has 0 atom stereocenters. The van der Waals surface area contributed by atoms with Gasteiger partial charge in [-0.05, 0) is 34.1 Å². The van der Waals surface area contributed by atoms with Gasteiger partial charge >= 0.3 is 0 Å². The molecule has 0 fully saturated rings. The summed E-state index contributed by atoms with van der Waals surface area (Å²) in [4.78, 5) is 19.3. The van der Waals surface area contributed by atoms with E-state index < -0.39 is 0 Å². The summed E-state index contributed by atoms with van der Waals surface area (Å²) in [5.41, 5.74) is 1.76. The van der Waals surface area contributed by atoms with Crippen molar-refractivity contribution >= 4 is 33.2 Å². The Labute approximate surface area is 111 Å². The molecule has 0 aliphatic carbocycles. The quantitative estimate of drug-likeness (QED) is 0.854. The number of hydrogen-bond acceptors (Lipinski definition) is 3. The lowest BCUT2D eigenvalue weighted by atomic mass is 10.3. The number of pyridine rings is 1. The summed E-state index contributed by atoms with van der Waals surface area (Å²) in [6, 6.07) is 7.66. The van der Waals surface area contributed by atoms with Crippen LogP contribution in [0.2, 0.25) is 0 Å². The number of rotatable bonds is 2. The van der Waals surface area contributed by atoms with Gasteiger partial charge in [-0.2, -0.15) is 0 Å². The summed E-state index contributed by atoms with van der Waals surface area (Å²) in [5, 5.41) is 0. The van der Waals surface area contributed by atoms with Gasteiger partial charge in [0.2, 0.25) is 0 Å². The zero-order valence-electron chi connectivity index (χ0n) is 8.89. The molecule has 3 rings (SSSR count). The van der Waals surface area contributed by atoms with Crippen LogP contribution in [0, 0.1) is 0 Å². The third kappa shape index (κ3) is 2.00. The van der Waals surface area contributed by atoms with Crippen molar-refractivity contribution in [2.45, 2.75) is 13.1 Å². The minimum atomic E-state index is 0.104. The van der Waals surface area contributed by atoms with E-state index in [1.54, 1.807) is 17.5 Å². The van der Waals surface area contributed by atoms with Crippen molar-refractivity contribution in [3.8, 4) is 0 Å². The number of fused-ring (bicyclic) bond motifs is 1. The number of carbonyl (C=O) groups excluding carboxylic acids is 1. The van der Waals surface area contributed by atoms with Crippen LogP contribution in [0.15, 0.2) is 34.2 Å². The van der Waals surface area contributed by atoms with Gasteiger partial charge in [0.15, 0.2) is 0 Å². The molecule has 0 bridgehead atoms. The van der Waals surface area contributed by atoms with E-state index in [2.05, 4.69) is 20.9 Å². The fourth-order valence-corrected chi connectivity index (χ4v) is 3.63. The molecule has 0 spiro atoms. The van der Waals surface area contributed by atoms with E-state index in [4.69, 9.17) is 0 Å². The Kier molecular flexibility index (Phi) is 2.72.